The minimum Gasteiger partial charge on any atom is -0.379 e. The van der Waals surface area contributed by atoms with Crippen LogP contribution in [-0.2, 0) is 9.53 Å². The lowest BCUT2D eigenvalue weighted by Crippen LogP contribution is -2.58. The quantitative estimate of drug-likeness (QED) is 0.776. The Morgan fingerprint density at radius 2 is 1.84 bits per heavy atom. The van der Waals surface area contributed by atoms with Crippen LogP contribution in [0.3, 0.4) is 0 Å². The number of nitrogens with two attached hydrogens (primary N) is 1. The summed E-state index contributed by atoms with van der Waals surface area (Å²) < 4.78 is 5.29. The van der Waals surface area contributed by atoms with Gasteiger partial charge in [-0.15, -0.1) is 0 Å². The van der Waals surface area contributed by atoms with E-state index in [2.05, 4.69) is 4.90 Å². The molecule has 1 amide bonds. The first kappa shape index (κ1) is 13.3. The van der Waals surface area contributed by atoms with Crippen molar-refractivity contribution >= 4 is 5.91 Å². The Kier molecular flexibility index (Phi) is 3.78. The first-order valence-corrected chi connectivity index (χ1v) is 7.59. The van der Waals surface area contributed by atoms with Crippen molar-refractivity contribution in [1.82, 2.24) is 9.80 Å². The second-order valence-electron chi connectivity index (χ2n) is 6.23. The lowest BCUT2D eigenvalue weighted by molar-refractivity contribution is -0.138. The zero-order valence-corrected chi connectivity index (χ0v) is 11.6. The predicted molar refractivity (Wildman–Crippen MR) is 72.8 cm³/mol. The number of ether oxygens (including phenoxy) is 1. The number of hydrogen-bond donors (Lipinski definition) is 1. The molecule has 3 aliphatic heterocycles. The third-order valence-electron chi connectivity index (χ3n) is 4.89. The zero-order valence-electron chi connectivity index (χ0n) is 11.6. The molecule has 1 atom stereocenters. The number of carbonyl (C=O) groups excluding carboxylic acids is 1. The predicted octanol–water partition coefficient (Wildman–Crippen LogP) is 0.191. The summed E-state index contributed by atoms with van der Waals surface area (Å²) in [6.07, 6.45) is 5.54. The smallest absolute Gasteiger partial charge is 0.245 e. The number of carbonyl (C=O) groups is 1. The molecule has 0 radical (unpaired) electrons. The molecule has 19 heavy (non-hydrogen) atoms. The topological polar surface area (TPSA) is 58.8 Å². The summed E-state index contributed by atoms with van der Waals surface area (Å²) in [4.78, 5) is 17.0. The molecule has 5 heteroatoms. The Balaban J connectivity index is 1.53. The van der Waals surface area contributed by atoms with E-state index in [0.717, 1.165) is 25.9 Å². The van der Waals surface area contributed by atoms with Crippen LogP contribution in [0.1, 0.15) is 32.1 Å². The highest BCUT2D eigenvalue weighted by Crippen LogP contribution is 2.24. The van der Waals surface area contributed by atoms with E-state index in [1.54, 1.807) is 0 Å². The molecule has 0 aromatic carbocycles. The Hall–Kier alpha value is -0.650. The molecule has 3 heterocycles. The van der Waals surface area contributed by atoms with Gasteiger partial charge >= 0.3 is 0 Å². The molecule has 2 N–H and O–H groups in total. The Labute approximate surface area is 115 Å². The molecule has 0 saturated carbocycles. The fraction of sp³-hybridized carbons (Fsp3) is 0.929. The molecule has 0 spiro atoms. The molecule has 0 aromatic rings. The van der Waals surface area contributed by atoms with Gasteiger partial charge in [-0.2, -0.15) is 0 Å². The van der Waals surface area contributed by atoms with Gasteiger partial charge in [0.1, 0.15) is 5.54 Å². The molecule has 3 fully saturated rings. The third kappa shape index (κ3) is 2.64. The van der Waals surface area contributed by atoms with Crippen LogP contribution in [0.4, 0.5) is 0 Å². The summed E-state index contributed by atoms with van der Waals surface area (Å²) in [7, 11) is 0. The van der Waals surface area contributed by atoms with Crippen LogP contribution < -0.4 is 5.73 Å². The van der Waals surface area contributed by atoms with Crippen LogP contribution in [0.5, 0.6) is 0 Å². The molecule has 0 aromatic heterocycles. The molecular formula is C14H25N3O2. The van der Waals surface area contributed by atoms with Crippen molar-refractivity contribution in [3.8, 4) is 0 Å². The van der Waals surface area contributed by atoms with Crippen molar-refractivity contribution in [2.24, 2.45) is 5.73 Å². The normalized spacial score (nSPS) is 34.1. The molecule has 3 aliphatic rings. The summed E-state index contributed by atoms with van der Waals surface area (Å²) in [6.45, 7) is 5.21. The van der Waals surface area contributed by atoms with Crippen molar-refractivity contribution < 1.29 is 9.53 Å². The second kappa shape index (κ2) is 5.38. The maximum Gasteiger partial charge on any atom is 0.245 e. The lowest BCUT2D eigenvalue weighted by Gasteiger charge is -2.39. The molecule has 1 unspecified atom stereocenters. The summed E-state index contributed by atoms with van der Waals surface area (Å²) in [5.74, 6) is 0.102. The van der Waals surface area contributed by atoms with Crippen LogP contribution in [0.25, 0.3) is 0 Å². The number of nitrogens with zero attached hydrogens (tertiary/aromatic N) is 2. The van der Waals surface area contributed by atoms with Crippen molar-refractivity contribution in [2.75, 3.05) is 39.4 Å². The van der Waals surface area contributed by atoms with Gasteiger partial charge in [0.15, 0.2) is 0 Å². The fourth-order valence-corrected chi connectivity index (χ4v) is 3.61. The van der Waals surface area contributed by atoms with Gasteiger partial charge in [-0.1, -0.05) is 0 Å². The van der Waals surface area contributed by atoms with Crippen molar-refractivity contribution in [1.29, 1.82) is 0 Å². The van der Waals surface area contributed by atoms with Crippen LogP contribution in [-0.4, -0.2) is 66.7 Å². The van der Waals surface area contributed by atoms with E-state index < -0.39 is 5.54 Å². The minimum absolute atomic E-state index is 0.102. The number of rotatable bonds is 2. The van der Waals surface area contributed by atoms with Gasteiger partial charge in [0.05, 0.1) is 6.61 Å². The van der Waals surface area contributed by atoms with Crippen molar-refractivity contribution in [3.05, 3.63) is 0 Å². The summed E-state index contributed by atoms with van der Waals surface area (Å²) in [5.41, 5.74) is 5.41. The monoisotopic (exact) mass is 267 g/mol. The van der Waals surface area contributed by atoms with Crippen LogP contribution >= 0.6 is 0 Å². The molecule has 0 aliphatic carbocycles. The molecular weight excluding hydrogens is 242 g/mol. The second-order valence-corrected chi connectivity index (χ2v) is 6.23. The Bertz CT molecular complexity index is 328. The molecule has 5 nitrogen and oxygen atoms in total. The van der Waals surface area contributed by atoms with Gasteiger partial charge in [-0.3, -0.25) is 4.79 Å². The SMILES string of the molecule is NC1(C(=O)N2CCC(N3CCCC3)CC2)CCOC1. The largest absolute Gasteiger partial charge is 0.379 e. The van der Waals surface area contributed by atoms with Gasteiger partial charge in [0.2, 0.25) is 5.91 Å². The Morgan fingerprint density at radius 1 is 1.16 bits per heavy atom. The first-order valence-electron chi connectivity index (χ1n) is 7.59. The summed E-state index contributed by atoms with van der Waals surface area (Å²) >= 11 is 0. The molecule has 3 rings (SSSR count). The first-order chi connectivity index (χ1) is 9.19. The van der Waals surface area contributed by atoms with E-state index in [1.165, 1.54) is 25.9 Å². The number of likely N-dealkylation sites (tertiary alicyclic amines) is 2. The average molecular weight is 267 g/mol. The minimum atomic E-state index is -0.750. The van der Waals surface area contributed by atoms with Crippen LogP contribution in [0.2, 0.25) is 0 Å². The highest BCUT2D eigenvalue weighted by Gasteiger charge is 2.42. The van der Waals surface area contributed by atoms with Crippen molar-refractivity contribution in [2.45, 2.75) is 43.7 Å². The summed E-state index contributed by atoms with van der Waals surface area (Å²) in [6, 6.07) is 0.681. The average Bonchev–Trinajstić information content (AvgIpc) is 3.10. The number of amides is 1. The highest BCUT2D eigenvalue weighted by molar-refractivity contribution is 5.86. The van der Waals surface area contributed by atoms with E-state index in [-0.39, 0.29) is 5.91 Å². The van der Waals surface area contributed by atoms with Gasteiger partial charge < -0.3 is 20.3 Å². The molecule has 3 saturated heterocycles. The van der Waals surface area contributed by atoms with Gasteiger partial charge in [0, 0.05) is 25.7 Å². The van der Waals surface area contributed by atoms with E-state index >= 15 is 0 Å². The van der Waals surface area contributed by atoms with E-state index in [1.807, 2.05) is 4.90 Å². The number of hydrogen-bond acceptors (Lipinski definition) is 4. The molecule has 0 bridgehead atoms. The summed E-state index contributed by atoms with van der Waals surface area (Å²) in [5, 5.41) is 0. The zero-order chi connectivity index (χ0) is 13.3. The van der Waals surface area contributed by atoms with Crippen LogP contribution in [0, 0.1) is 0 Å². The van der Waals surface area contributed by atoms with Gasteiger partial charge in [-0.25, -0.2) is 0 Å². The standard InChI is InChI=1S/C14H25N3O2/c15-14(5-10-19-11-14)13(18)17-8-3-12(4-9-17)16-6-1-2-7-16/h12H,1-11,15H2. The number of piperidine rings is 1. The van der Waals surface area contributed by atoms with Crippen LogP contribution in [0.15, 0.2) is 0 Å². The van der Waals surface area contributed by atoms with Gasteiger partial charge in [0.25, 0.3) is 0 Å². The highest BCUT2D eigenvalue weighted by atomic mass is 16.5. The van der Waals surface area contributed by atoms with Gasteiger partial charge in [-0.05, 0) is 45.2 Å². The maximum absolute atomic E-state index is 12.5. The van der Waals surface area contributed by atoms with E-state index in [9.17, 15) is 4.79 Å². The molecule has 108 valence electrons. The van der Waals surface area contributed by atoms with Crippen molar-refractivity contribution in [3.63, 3.8) is 0 Å². The van der Waals surface area contributed by atoms with E-state index in [4.69, 9.17) is 10.5 Å². The third-order valence-corrected chi connectivity index (χ3v) is 4.89. The lowest BCUT2D eigenvalue weighted by atomic mass is 9.95. The van der Waals surface area contributed by atoms with E-state index in [0.29, 0.717) is 25.7 Å². The Morgan fingerprint density at radius 3 is 2.42 bits per heavy atom. The maximum atomic E-state index is 12.5. The fourth-order valence-electron chi connectivity index (χ4n) is 3.61.